The lowest BCUT2D eigenvalue weighted by Crippen LogP contribution is -2.26. The van der Waals surface area contributed by atoms with E-state index in [0.717, 1.165) is 16.9 Å². The Bertz CT molecular complexity index is 1130. The summed E-state index contributed by atoms with van der Waals surface area (Å²) in [5.41, 5.74) is 2.00. The highest BCUT2D eigenvalue weighted by Crippen LogP contribution is 2.22. The van der Waals surface area contributed by atoms with Crippen LogP contribution in [0.1, 0.15) is 26.1 Å². The molecule has 0 radical (unpaired) electrons. The summed E-state index contributed by atoms with van der Waals surface area (Å²) < 4.78 is 7.14. The zero-order valence-electron chi connectivity index (χ0n) is 15.1. The maximum absolute atomic E-state index is 12.4. The standard InChI is InChI=1S/C20H18N4O3S/c1-13-22-14-5-2-3-6-15(14)24(13)11-10-21-20(26)17-8-9-18(28-17)23-19(25)16-7-4-12-27-16/h2-9,12H,10-11H2,1H3,(H,21,26)(H,23,25). The summed E-state index contributed by atoms with van der Waals surface area (Å²) in [6.45, 7) is 3.06. The second kappa shape index (κ2) is 7.69. The maximum Gasteiger partial charge on any atom is 0.291 e. The number of carbonyl (C=O) groups excluding carboxylic acids is 2. The summed E-state index contributed by atoms with van der Waals surface area (Å²) in [6.07, 6.45) is 1.44. The highest BCUT2D eigenvalue weighted by molar-refractivity contribution is 7.18. The van der Waals surface area contributed by atoms with Gasteiger partial charge in [0.2, 0.25) is 0 Å². The number of para-hydroxylation sites is 2. The van der Waals surface area contributed by atoms with Crippen LogP contribution < -0.4 is 10.6 Å². The van der Waals surface area contributed by atoms with Gasteiger partial charge >= 0.3 is 0 Å². The minimum atomic E-state index is -0.346. The Balaban J connectivity index is 1.35. The molecule has 0 spiro atoms. The van der Waals surface area contributed by atoms with Crippen LogP contribution in [0.2, 0.25) is 0 Å². The summed E-state index contributed by atoms with van der Waals surface area (Å²) >= 11 is 1.22. The summed E-state index contributed by atoms with van der Waals surface area (Å²) in [5.74, 6) is 0.615. The highest BCUT2D eigenvalue weighted by atomic mass is 32.1. The Labute approximate surface area is 165 Å². The SMILES string of the molecule is Cc1nc2ccccc2n1CCNC(=O)c1ccc(NC(=O)c2ccco2)s1. The van der Waals surface area contributed by atoms with Crippen LogP contribution in [0.3, 0.4) is 0 Å². The third-order valence-corrected chi connectivity index (χ3v) is 5.28. The molecule has 0 saturated heterocycles. The molecule has 3 aromatic heterocycles. The molecule has 0 saturated carbocycles. The molecule has 2 N–H and O–H groups in total. The quantitative estimate of drug-likeness (QED) is 0.522. The molecule has 0 bridgehead atoms. The molecule has 0 aliphatic rings. The molecule has 4 rings (SSSR count). The van der Waals surface area contributed by atoms with Crippen molar-refractivity contribution in [1.82, 2.24) is 14.9 Å². The molecule has 0 aliphatic carbocycles. The number of thiophene rings is 1. The minimum Gasteiger partial charge on any atom is -0.459 e. The molecule has 28 heavy (non-hydrogen) atoms. The number of anilines is 1. The van der Waals surface area contributed by atoms with Gasteiger partial charge in [-0.2, -0.15) is 0 Å². The van der Waals surface area contributed by atoms with Gasteiger partial charge in [0.25, 0.3) is 11.8 Å². The van der Waals surface area contributed by atoms with E-state index in [2.05, 4.69) is 20.2 Å². The highest BCUT2D eigenvalue weighted by Gasteiger charge is 2.13. The molecular formula is C20H18N4O3S. The van der Waals surface area contributed by atoms with Crippen molar-refractivity contribution in [2.75, 3.05) is 11.9 Å². The van der Waals surface area contributed by atoms with Crippen molar-refractivity contribution in [3.05, 3.63) is 71.3 Å². The number of hydrogen-bond acceptors (Lipinski definition) is 5. The lowest BCUT2D eigenvalue weighted by molar-refractivity contribution is 0.0954. The van der Waals surface area contributed by atoms with E-state index in [1.54, 1.807) is 24.3 Å². The molecule has 0 atom stereocenters. The average Bonchev–Trinajstić information content (AvgIpc) is 3.42. The van der Waals surface area contributed by atoms with Crippen molar-refractivity contribution in [2.45, 2.75) is 13.5 Å². The van der Waals surface area contributed by atoms with Crippen molar-refractivity contribution in [3.63, 3.8) is 0 Å². The smallest absolute Gasteiger partial charge is 0.291 e. The number of hydrogen-bond donors (Lipinski definition) is 2. The molecule has 2 amide bonds. The molecule has 8 heteroatoms. The van der Waals surface area contributed by atoms with Crippen LogP contribution in [0.15, 0.2) is 59.2 Å². The monoisotopic (exact) mass is 394 g/mol. The number of aromatic nitrogens is 2. The number of nitrogens with zero attached hydrogens (tertiary/aromatic N) is 2. The van der Waals surface area contributed by atoms with Gasteiger partial charge in [0.15, 0.2) is 5.76 Å². The van der Waals surface area contributed by atoms with E-state index in [0.29, 0.717) is 23.0 Å². The van der Waals surface area contributed by atoms with Crippen LogP contribution in [0.5, 0.6) is 0 Å². The molecule has 0 fully saturated rings. The molecule has 7 nitrogen and oxygen atoms in total. The fraction of sp³-hybridized carbons (Fsp3) is 0.150. The third kappa shape index (κ3) is 3.67. The zero-order valence-corrected chi connectivity index (χ0v) is 16.0. The van der Waals surface area contributed by atoms with Crippen LogP contribution in [0, 0.1) is 6.92 Å². The number of carbonyl (C=O) groups is 2. The number of aryl methyl sites for hydroxylation is 1. The van der Waals surface area contributed by atoms with Crippen molar-refractivity contribution < 1.29 is 14.0 Å². The maximum atomic E-state index is 12.4. The van der Waals surface area contributed by atoms with E-state index in [4.69, 9.17) is 4.42 Å². The Kier molecular flexibility index (Phi) is 4.94. The molecule has 1 aromatic carbocycles. The van der Waals surface area contributed by atoms with E-state index in [1.165, 1.54) is 17.6 Å². The van der Waals surface area contributed by atoms with E-state index in [9.17, 15) is 9.59 Å². The fourth-order valence-corrected chi connectivity index (χ4v) is 3.77. The first-order valence-corrected chi connectivity index (χ1v) is 9.58. The second-order valence-electron chi connectivity index (χ2n) is 6.15. The van der Waals surface area contributed by atoms with Crippen molar-refractivity contribution in [2.24, 2.45) is 0 Å². The van der Waals surface area contributed by atoms with E-state index >= 15 is 0 Å². The van der Waals surface area contributed by atoms with E-state index in [-0.39, 0.29) is 17.6 Å². The lowest BCUT2D eigenvalue weighted by Gasteiger charge is -2.08. The molecule has 4 aromatic rings. The Morgan fingerprint density at radius 1 is 1.11 bits per heavy atom. The average molecular weight is 394 g/mol. The number of rotatable bonds is 6. The van der Waals surface area contributed by atoms with Gasteiger partial charge in [-0.25, -0.2) is 4.98 Å². The van der Waals surface area contributed by atoms with E-state index in [1.807, 2.05) is 31.2 Å². The molecule has 142 valence electrons. The minimum absolute atomic E-state index is 0.175. The van der Waals surface area contributed by atoms with E-state index < -0.39 is 0 Å². The third-order valence-electron chi connectivity index (χ3n) is 4.28. The Hall–Kier alpha value is -3.39. The van der Waals surface area contributed by atoms with Gasteiger partial charge < -0.3 is 19.6 Å². The molecular weight excluding hydrogens is 376 g/mol. The van der Waals surface area contributed by atoms with Crippen molar-refractivity contribution in [1.29, 1.82) is 0 Å². The largest absolute Gasteiger partial charge is 0.459 e. The number of nitrogens with one attached hydrogen (secondary N) is 2. The summed E-state index contributed by atoms with van der Waals surface area (Å²) in [5, 5.41) is 6.22. The normalized spacial score (nSPS) is 10.9. The van der Waals surface area contributed by atoms with Crippen molar-refractivity contribution >= 4 is 39.2 Å². The first kappa shape index (κ1) is 18.0. The Morgan fingerprint density at radius 2 is 1.96 bits per heavy atom. The first-order valence-electron chi connectivity index (χ1n) is 8.76. The van der Waals surface area contributed by atoms with Crippen LogP contribution in [0.25, 0.3) is 11.0 Å². The number of fused-ring (bicyclic) bond motifs is 1. The molecule has 3 heterocycles. The Morgan fingerprint density at radius 3 is 2.79 bits per heavy atom. The van der Waals surface area contributed by atoms with Gasteiger partial charge in [-0.3, -0.25) is 9.59 Å². The molecule has 0 unspecified atom stereocenters. The van der Waals surface area contributed by atoms with Crippen LogP contribution in [-0.4, -0.2) is 27.9 Å². The van der Waals surface area contributed by atoms with Crippen LogP contribution in [0.4, 0.5) is 5.00 Å². The number of amides is 2. The number of benzene rings is 1. The summed E-state index contributed by atoms with van der Waals surface area (Å²) in [7, 11) is 0. The second-order valence-corrected chi connectivity index (χ2v) is 7.23. The summed E-state index contributed by atoms with van der Waals surface area (Å²) in [6, 6.07) is 14.5. The van der Waals surface area contributed by atoms with Gasteiger partial charge in [-0.15, -0.1) is 11.3 Å². The van der Waals surface area contributed by atoms with Crippen molar-refractivity contribution in [3.8, 4) is 0 Å². The van der Waals surface area contributed by atoms with Gasteiger partial charge in [0, 0.05) is 13.1 Å². The predicted octanol–water partition coefficient (Wildman–Crippen LogP) is 3.68. The summed E-state index contributed by atoms with van der Waals surface area (Å²) in [4.78, 5) is 29.4. The fourth-order valence-electron chi connectivity index (χ4n) is 2.95. The predicted molar refractivity (Wildman–Crippen MR) is 108 cm³/mol. The van der Waals surface area contributed by atoms with Crippen LogP contribution >= 0.6 is 11.3 Å². The first-order chi connectivity index (χ1) is 13.6. The molecule has 0 aliphatic heterocycles. The number of imidazole rings is 1. The van der Waals surface area contributed by atoms with Gasteiger partial charge in [0.1, 0.15) is 5.82 Å². The number of furan rings is 1. The zero-order chi connectivity index (χ0) is 19.5. The van der Waals surface area contributed by atoms with Crippen LogP contribution in [-0.2, 0) is 6.54 Å². The van der Waals surface area contributed by atoms with Gasteiger partial charge in [-0.05, 0) is 43.3 Å². The van der Waals surface area contributed by atoms with Gasteiger partial charge in [0.05, 0.1) is 27.2 Å². The van der Waals surface area contributed by atoms with Gasteiger partial charge in [-0.1, -0.05) is 12.1 Å². The lowest BCUT2D eigenvalue weighted by atomic mass is 10.3. The topological polar surface area (TPSA) is 89.2 Å².